The van der Waals surface area contributed by atoms with Gasteiger partial charge in [0.25, 0.3) is 0 Å². The highest BCUT2D eigenvalue weighted by Gasteiger charge is 2.15. The first-order chi connectivity index (χ1) is 7.51. The van der Waals surface area contributed by atoms with Crippen molar-refractivity contribution in [2.45, 2.75) is 46.3 Å². The zero-order chi connectivity index (χ0) is 12.6. The van der Waals surface area contributed by atoms with E-state index in [1.165, 1.54) is 6.42 Å². The standard InChI is InChI=1S/C13H30N2O/c1-7-12(4)13(14-5)10-15(6)8-9-16-11(2)3/h11-14H,7-10H2,1-6H3. The van der Waals surface area contributed by atoms with Gasteiger partial charge >= 0.3 is 0 Å². The van der Waals surface area contributed by atoms with Gasteiger partial charge in [0, 0.05) is 19.1 Å². The number of rotatable bonds is 9. The van der Waals surface area contributed by atoms with Crippen molar-refractivity contribution >= 4 is 0 Å². The Morgan fingerprint density at radius 2 is 1.88 bits per heavy atom. The van der Waals surface area contributed by atoms with Gasteiger partial charge in [-0.2, -0.15) is 0 Å². The topological polar surface area (TPSA) is 24.5 Å². The average Bonchev–Trinajstić information content (AvgIpc) is 2.24. The molecule has 1 N–H and O–H groups in total. The summed E-state index contributed by atoms with van der Waals surface area (Å²) < 4.78 is 5.55. The number of hydrogen-bond acceptors (Lipinski definition) is 3. The third kappa shape index (κ3) is 7.20. The van der Waals surface area contributed by atoms with Gasteiger partial charge in [-0.1, -0.05) is 20.3 Å². The van der Waals surface area contributed by atoms with Crippen molar-refractivity contribution in [3.63, 3.8) is 0 Å². The van der Waals surface area contributed by atoms with E-state index in [0.29, 0.717) is 12.1 Å². The summed E-state index contributed by atoms with van der Waals surface area (Å²) in [6, 6.07) is 0.578. The molecule has 98 valence electrons. The quantitative estimate of drug-likeness (QED) is 0.655. The summed E-state index contributed by atoms with van der Waals surface area (Å²) >= 11 is 0. The Morgan fingerprint density at radius 1 is 1.25 bits per heavy atom. The van der Waals surface area contributed by atoms with E-state index in [9.17, 15) is 0 Å². The van der Waals surface area contributed by atoms with E-state index in [-0.39, 0.29) is 0 Å². The molecule has 0 aromatic heterocycles. The zero-order valence-electron chi connectivity index (χ0n) is 11.9. The van der Waals surface area contributed by atoms with Crippen molar-refractivity contribution in [1.82, 2.24) is 10.2 Å². The van der Waals surface area contributed by atoms with Crippen LogP contribution in [0.25, 0.3) is 0 Å². The molecule has 0 aromatic rings. The molecule has 0 heterocycles. The molecule has 0 bridgehead atoms. The molecular formula is C13H30N2O. The molecule has 0 fully saturated rings. The van der Waals surface area contributed by atoms with Crippen molar-refractivity contribution in [1.29, 1.82) is 0 Å². The highest BCUT2D eigenvalue weighted by atomic mass is 16.5. The minimum Gasteiger partial charge on any atom is -0.377 e. The van der Waals surface area contributed by atoms with Crippen molar-refractivity contribution < 1.29 is 4.74 Å². The van der Waals surface area contributed by atoms with Gasteiger partial charge in [-0.3, -0.25) is 0 Å². The molecule has 0 saturated heterocycles. The Labute approximate surface area is 102 Å². The second-order valence-corrected chi connectivity index (χ2v) is 4.96. The molecule has 3 nitrogen and oxygen atoms in total. The number of hydrogen-bond donors (Lipinski definition) is 1. The molecule has 0 aliphatic heterocycles. The van der Waals surface area contributed by atoms with Crippen molar-refractivity contribution in [3.8, 4) is 0 Å². The second kappa shape index (κ2) is 8.97. The van der Waals surface area contributed by atoms with Crippen LogP contribution in [0.2, 0.25) is 0 Å². The minimum absolute atomic E-state index is 0.336. The summed E-state index contributed by atoms with van der Waals surface area (Å²) in [6.07, 6.45) is 1.56. The summed E-state index contributed by atoms with van der Waals surface area (Å²) in [5.74, 6) is 0.721. The fourth-order valence-corrected chi connectivity index (χ4v) is 1.71. The maximum Gasteiger partial charge on any atom is 0.0596 e. The second-order valence-electron chi connectivity index (χ2n) is 4.96. The van der Waals surface area contributed by atoms with Crippen LogP contribution < -0.4 is 5.32 Å². The Balaban J connectivity index is 3.78. The summed E-state index contributed by atoms with van der Waals surface area (Å²) in [4.78, 5) is 2.34. The van der Waals surface area contributed by atoms with Gasteiger partial charge < -0.3 is 15.0 Å². The van der Waals surface area contributed by atoms with Crippen LogP contribution in [0.1, 0.15) is 34.1 Å². The Hall–Kier alpha value is -0.120. The first-order valence-electron chi connectivity index (χ1n) is 6.48. The predicted octanol–water partition coefficient (Wildman–Crippen LogP) is 1.98. The lowest BCUT2D eigenvalue weighted by Crippen LogP contribution is -2.42. The van der Waals surface area contributed by atoms with Crippen LogP contribution in [0.3, 0.4) is 0 Å². The SMILES string of the molecule is CCC(C)C(CN(C)CCOC(C)C)NC. The molecule has 0 aliphatic carbocycles. The third-order valence-corrected chi connectivity index (χ3v) is 3.13. The van der Waals surface area contributed by atoms with Crippen LogP contribution in [0.4, 0.5) is 0 Å². The molecule has 0 aliphatic rings. The molecule has 0 rings (SSSR count). The van der Waals surface area contributed by atoms with Gasteiger partial charge in [0.2, 0.25) is 0 Å². The highest BCUT2D eigenvalue weighted by Crippen LogP contribution is 2.08. The maximum atomic E-state index is 5.55. The Kier molecular flexibility index (Phi) is 8.90. The van der Waals surface area contributed by atoms with Crippen molar-refractivity contribution in [3.05, 3.63) is 0 Å². The van der Waals surface area contributed by atoms with Gasteiger partial charge in [0.05, 0.1) is 12.7 Å². The fourth-order valence-electron chi connectivity index (χ4n) is 1.71. The van der Waals surface area contributed by atoms with Crippen LogP contribution in [-0.2, 0) is 4.74 Å². The van der Waals surface area contributed by atoms with Crippen molar-refractivity contribution in [2.24, 2.45) is 5.92 Å². The maximum absolute atomic E-state index is 5.55. The molecule has 3 heteroatoms. The number of nitrogens with one attached hydrogen (secondary N) is 1. The van der Waals surface area contributed by atoms with Crippen molar-refractivity contribution in [2.75, 3.05) is 33.8 Å². The van der Waals surface area contributed by atoms with E-state index in [2.05, 4.69) is 52.0 Å². The van der Waals surface area contributed by atoms with Gasteiger partial charge in [0.15, 0.2) is 0 Å². The van der Waals surface area contributed by atoms with E-state index >= 15 is 0 Å². The summed E-state index contributed by atoms with van der Waals surface area (Å²) in [5.41, 5.74) is 0. The van der Waals surface area contributed by atoms with Crippen LogP contribution in [-0.4, -0.2) is 50.8 Å². The smallest absolute Gasteiger partial charge is 0.0596 e. The van der Waals surface area contributed by atoms with Crippen LogP contribution in [0.5, 0.6) is 0 Å². The molecule has 0 amide bonds. The summed E-state index contributed by atoms with van der Waals surface area (Å²) in [7, 11) is 4.21. The van der Waals surface area contributed by atoms with Gasteiger partial charge in [0.1, 0.15) is 0 Å². The summed E-state index contributed by atoms with van der Waals surface area (Å²) in [5, 5.41) is 3.40. The van der Waals surface area contributed by atoms with Gasteiger partial charge in [-0.05, 0) is 33.9 Å². The Bertz CT molecular complexity index is 162. The largest absolute Gasteiger partial charge is 0.377 e. The van der Waals surface area contributed by atoms with Gasteiger partial charge in [-0.15, -0.1) is 0 Å². The lowest BCUT2D eigenvalue weighted by atomic mass is 9.99. The molecule has 0 radical (unpaired) electrons. The lowest BCUT2D eigenvalue weighted by Gasteiger charge is -2.28. The average molecular weight is 230 g/mol. The predicted molar refractivity (Wildman–Crippen MR) is 70.9 cm³/mol. The normalized spacial score (nSPS) is 15.8. The molecular weight excluding hydrogens is 200 g/mol. The van der Waals surface area contributed by atoms with E-state index < -0.39 is 0 Å². The van der Waals surface area contributed by atoms with E-state index in [4.69, 9.17) is 4.74 Å². The molecule has 16 heavy (non-hydrogen) atoms. The summed E-state index contributed by atoms with van der Waals surface area (Å²) in [6.45, 7) is 11.6. The van der Waals surface area contributed by atoms with Crippen LogP contribution in [0, 0.1) is 5.92 Å². The minimum atomic E-state index is 0.336. The number of ether oxygens (including phenoxy) is 1. The first kappa shape index (κ1) is 15.9. The number of nitrogens with zero attached hydrogens (tertiary/aromatic N) is 1. The fraction of sp³-hybridized carbons (Fsp3) is 1.00. The van der Waals surface area contributed by atoms with E-state index in [0.717, 1.165) is 25.6 Å². The molecule has 2 unspecified atom stereocenters. The van der Waals surface area contributed by atoms with E-state index in [1.54, 1.807) is 0 Å². The zero-order valence-corrected chi connectivity index (χ0v) is 11.9. The third-order valence-electron chi connectivity index (χ3n) is 3.13. The van der Waals surface area contributed by atoms with E-state index in [1.807, 2.05) is 0 Å². The number of likely N-dealkylation sites (N-methyl/N-ethyl adjacent to an activating group) is 2. The van der Waals surface area contributed by atoms with Gasteiger partial charge in [-0.25, -0.2) is 0 Å². The van der Waals surface area contributed by atoms with Crippen LogP contribution >= 0.6 is 0 Å². The molecule has 2 atom stereocenters. The molecule has 0 aromatic carbocycles. The van der Waals surface area contributed by atoms with Crippen LogP contribution in [0.15, 0.2) is 0 Å². The Morgan fingerprint density at radius 3 is 2.31 bits per heavy atom. The first-order valence-corrected chi connectivity index (χ1v) is 6.48. The highest BCUT2D eigenvalue weighted by molar-refractivity contribution is 4.74. The monoisotopic (exact) mass is 230 g/mol. The molecule has 0 saturated carbocycles. The lowest BCUT2D eigenvalue weighted by molar-refractivity contribution is 0.0612. The molecule has 0 spiro atoms.